The van der Waals surface area contributed by atoms with E-state index in [1.807, 2.05) is 19.0 Å². The minimum atomic E-state index is -0.428. The number of pyridine rings is 1. The highest BCUT2D eigenvalue weighted by molar-refractivity contribution is 9.10. The molecule has 2 aromatic carbocycles. The highest BCUT2D eigenvalue weighted by Gasteiger charge is 2.13. The van der Waals surface area contributed by atoms with Crippen molar-refractivity contribution >= 4 is 27.7 Å². The number of hydrogen-bond donors (Lipinski definition) is 1. The van der Waals surface area contributed by atoms with E-state index in [9.17, 15) is 9.18 Å². The van der Waals surface area contributed by atoms with Gasteiger partial charge in [0.2, 0.25) is 11.7 Å². The Hall–Kier alpha value is -3.63. The van der Waals surface area contributed by atoms with Gasteiger partial charge in [0, 0.05) is 42.4 Å². The number of rotatable bonds is 8. The van der Waals surface area contributed by atoms with Gasteiger partial charge < -0.3 is 19.5 Å². The number of amides is 1. The molecule has 4 rings (SSSR count). The molecule has 2 heterocycles. The Morgan fingerprint density at radius 2 is 1.89 bits per heavy atom. The van der Waals surface area contributed by atoms with Gasteiger partial charge in [0.15, 0.2) is 0 Å². The average Bonchev–Trinajstić information content (AvgIpc) is 3.27. The van der Waals surface area contributed by atoms with Crippen LogP contribution in [-0.2, 0) is 0 Å². The van der Waals surface area contributed by atoms with Gasteiger partial charge in [0.25, 0.3) is 5.91 Å². The smallest absolute Gasteiger partial charge is 0.256 e. The van der Waals surface area contributed by atoms with Crippen molar-refractivity contribution in [3.8, 4) is 28.3 Å². The van der Waals surface area contributed by atoms with Gasteiger partial charge in [-0.3, -0.25) is 4.79 Å². The SMILES string of the molecule is Cc1nc(-c2ccc(-c3ccc(C(=O)Nc4cc(OCCN(C)C)c(Br)cn4)cc3)c(F)c2)no1. The molecule has 0 spiro atoms. The van der Waals surface area contributed by atoms with E-state index in [0.717, 1.165) is 6.54 Å². The highest BCUT2D eigenvalue weighted by atomic mass is 79.9. The third-order valence-corrected chi connectivity index (χ3v) is 5.67. The van der Waals surface area contributed by atoms with Gasteiger partial charge in [-0.05, 0) is 53.8 Å². The monoisotopic (exact) mass is 539 g/mol. The summed E-state index contributed by atoms with van der Waals surface area (Å²) >= 11 is 3.41. The van der Waals surface area contributed by atoms with Crippen LogP contribution in [0.2, 0.25) is 0 Å². The van der Waals surface area contributed by atoms with Gasteiger partial charge in [-0.25, -0.2) is 9.37 Å². The lowest BCUT2D eigenvalue weighted by Crippen LogP contribution is -2.19. The van der Waals surface area contributed by atoms with E-state index < -0.39 is 5.82 Å². The number of hydrogen-bond acceptors (Lipinski definition) is 7. The molecule has 10 heteroatoms. The quantitative estimate of drug-likeness (QED) is 0.328. The number of nitrogens with zero attached hydrogens (tertiary/aromatic N) is 4. The summed E-state index contributed by atoms with van der Waals surface area (Å²) in [5.74, 6) is 0.914. The van der Waals surface area contributed by atoms with Gasteiger partial charge >= 0.3 is 0 Å². The van der Waals surface area contributed by atoms with Crippen molar-refractivity contribution in [2.75, 3.05) is 32.6 Å². The molecule has 0 aliphatic carbocycles. The second-order valence-corrected chi connectivity index (χ2v) is 8.87. The first-order chi connectivity index (χ1) is 16.8. The Bertz CT molecular complexity index is 1340. The molecule has 0 unspecified atom stereocenters. The predicted molar refractivity (Wildman–Crippen MR) is 134 cm³/mol. The van der Waals surface area contributed by atoms with Crippen LogP contribution in [0.3, 0.4) is 0 Å². The van der Waals surface area contributed by atoms with Gasteiger partial charge in [-0.15, -0.1) is 0 Å². The van der Waals surface area contributed by atoms with Crippen molar-refractivity contribution in [1.82, 2.24) is 20.0 Å². The fourth-order valence-electron chi connectivity index (χ4n) is 3.23. The average molecular weight is 540 g/mol. The van der Waals surface area contributed by atoms with E-state index in [1.54, 1.807) is 55.6 Å². The molecule has 0 aliphatic rings. The second-order valence-electron chi connectivity index (χ2n) is 8.01. The van der Waals surface area contributed by atoms with E-state index in [1.165, 1.54) is 6.07 Å². The maximum absolute atomic E-state index is 14.8. The molecule has 8 nitrogen and oxygen atoms in total. The van der Waals surface area contributed by atoms with Crippen LogP contribution < -0.4 is 10.1 Å². The zero-order valence-electron chi connectivity index (χ0n) is 19.4. The first-order valence-corrected chi connectivity index (χ1v) is 11.5. The molecule has 180 valence electrons. The van der Waals surface area contributed by atoms with Gasteiger partial charge in [0.05, 0.1) is 4.47 Å². The molecular formula is C25H23BrFN5O3. The zero-order chi connectivity index (χ0) is 24.9. The molecule has 2 aromatic heterocycles. The molecule has 1 amide bonds. The molecule has 0 aliphatic heterocycles. The number of carbonyl (C=O) groups is 1. The van der Waals surface area contributed by atoms with Crippen LogP contribution in [0, 0.1) is 12.7 Å². The highest BCUT2D eigenvalue weighted by Crippen LogP contribution is 2.28. The molecule has 0 fully saturated rings. The van der Waals surface area contributed by atoms with Crippen LogP contribution in [0.4, 0.5) is 10.2 Å². The molecule has 4 aromatic rings. The van der Waals surface area contributed by atoms with Crippen molar-refractivity contribution in [1.29, 1.82) is 0 Å². The Balaban J connectivity index is 1.45. The van der Waals surface area contributed by atoms with Crippen LogP contribution >= 0.6 is 15.9 Å². The molecule has 0 saturated carbocycles. The number of benzene rings is 2. The normalized spacial score (nSPS) is 11.0. The van der Waals surface area contributed by atoms with Crippen molar-refractivity contribution in [3.05, 3.63) is 76.5 Å². The van der Waals surface area contributed by atoms with Crippen LogP contribution in [-0.4, -0.2) is 53.2 Å². The molecule has 35 heavy (non-hydrogen) atoms. The minimum Gasteiger partial charge on any atom is -0.491 e. The summed E-state index contributed by atoms with van der Waals surface area (Å²) in [6.07, 6.45) is 1.58. The first kappa shape index (κ1) is 24.5. The Kier molecular flexibility index (Phi) is 7.52. The molecule has 1 N–H and O–H groups in total. The summed E-state index contributed by atoms with van der Waals surface area (Å²) < 4.78 is 26.2. The lowest BCUT2D eigenvalue weighted by Gasteiger charge is -2.13. The van der Waals surface area contributed by atoms with Crippen LogP contribution in [0.15, 0.2) is 63.7 Å². The van der Waals surface area contributed by atoms with Crippen LogP contribution in [0.5, 0.6) is 5.75 Å². The van der Waals surface area contributed by atoms with E-state index in [2.05, 4.69) is 36.4 Å². The fraction of sp³-hybridized carbons (Fsp3) is 0.200. The third-order valence-electron chi connectivity index (χ3n) is 5.07. The van der Waals surface area contributed by atoms with Crippen molar-refractivity contribution in [2.45, 2.75) is 6.92 Å². The van der Waals surface area contributed by atoms with E-state index in [-0.39, 0.29) is 5.91 Å². The zero-order valence-corrected chi connectivity index (χ0v) is 21.0. The number of halogens is 2. The second kappa shape index (κ2) is 10.7. The fourth-order valence-corrected chi connectivity index (χ4v) is 3.56. The number of aryl methyl sites for hydroxylation is 1. The molecule has 0 atom stereocenters. The van der Waals surface area contributed by atoms with Crippen molar-refractivity contribution < 1.29 is 18.4 Å². The van der Waals surface area contributed by atoms with Crippen LogP contribution in [0.25, 0.3) is 22.5 Å². The van der Waals surface area contributed by atoms with Gasteiger partial charge in [-0.1, -0.05) is 29.4 Å². The van der Waals surface area contributed by atoms with Crippen LogP contribution in [0.1, 0.15) is 16.2 Å². The van der Waals surface area contributed by atoms with E-state index in [0.29, 0.717) is 56.6 Å². The topological polar surface area (TPSA) is 93.4 Å². The molecule has 0 bridgehead atoms. The Morgan fingerprint density at radius 3 is 2.54 bits per heavy atom. The Labute approximate surface area is 210 Å². The number of likely N-dealkylation sites (N-methyl/N-ethyl adjacent to an activating group) is 1. The van der Waals surface area contributed by atoms with Gasteiger partial charge in [0.1, 0.15) is 24.0 Å². The maximum atomic E-state index is 14.8. The van der Waals surface area contributed by atoms with Crippen molar-refractivity contribution in [2.24, 2.45) is 0 Å². The Morgan fingerprint density at radius 1 is 1.14 bits per heavy atom. The largest absolute Gasteiger partial charge is 0.491 e. The number of carbonyl (C=O) groups excluding carboxylic acids is 1. The van der Waals surface area contributed by atoms with E-state index >= 15 is 0 Å². The number of anilines is 1. The maximum Gasteiger partial charge on any atom is 0.256 e. The molecule has 0 saturated heterocycles. The predicted octanol–water partition coefficient (Wildman–Crippen LogP) is 5.20. The number of nitrogens with one attached hydrogen (secondary N) is 1. The van der Waals surface area contributed by atoms with Gasteiger partial charge in [-0.2, -0.15) is 4.98 Å². The first-order valence-electron chi connectivity index (χ1n) is 10.8. The minimum absolute atomic E-state index is 0.327. The summed E-state index contributed by atoms with van der Waals surface area (Å²) in [7, 11) is 3.92. The molecular weight excluding hydrogens is 517 g/mol. The van der Waals surface area contributed by atoms with Crippen molar-refractivity contribution in [3.63, 3.8) is 0 Å². The summed E-state index contributed by atoms with van der Waals surface area (Å²) in [6, 6.07) is 13.0. The van der Waals surface area contributed by atoms with E-state index in [4.69, 9.17) is 9.26 Å². The molecule has 0 radical (unpaired) electrons. The summed E-state index contributed by atoms with van der Waals surface area (Å²) in [5.41, 5.74) is 1.96. The standard InChI is InChI=1S/C25H23BrFN5O3/c1-15-29-24(31-35-15)18-8-9-19(21(27)12-18)16-4-6-17(7-5-16)25(33)30-23-13-22(20(26)14-28-23)34-11-10-32(2)3/h4-9,12-14H,10-11H2,1-3H3,(H,28,30,33). The summed E-state index contributed by atoms with van der Waals surface area (Å²) in [4.78, 5) is 23.1. The number of aromatic nitrogens is 3. The lowest BCUT2D eigenvalue weighted by molar-refractivity contribution is 0.102. The third kappa shape index (κ3) is 6.09. The lowest BCUT2D eigenvalue weighted by atomic mass is 10.0. The summed E-state index contributed by atoms with van der Waals surface area (Å²) in [6.45, 7) is 2.92. The summed E-state index contributed by atoms with van der Waals surface area (Å²) in [5, 5.41) is 6.58. The number of ether oxygens (including phenoxy) is 1.